The number of hydrogen-bond donors (Lipinski definition) is 0. The molecule has 0 aliphatic carbocycles. The van der Waals surface area contributed by atoms with Crippen LogP contribution in [0, 0.1) is 0 Å². The first-order chi connectivity index (χ1) is 8.82. The lowest BCUT2D eigenvalue weighted by Gasteiger charge is -2.23. The fourth-order valence-electron chi connectivity index (χ4n) is 1.78. The van der Waals surface area contributed by atoms with E-state index in [0.717, 1.165) is 12.1 Å². The van der Waals surface area contributed by atoms with E-state index in [1.165, 1.54) is 7.11 Å². The normalized spacial score (nSPS) is 11.9. The van der Waals surface area contributed by atoms with Gasteiger partial charge in [-0.2, -0.15) is 0 Å². The minimum absolute atomic E-state index is 0.148. The molecule has 1 aromatic heterocycles. The van der Waals surface area contributed by atoms with E-state index in [9.17, 15) is 4.79 Å². The molecule has 0 saturated heterocycles. The molecule has 0 aliphatic heterocycles. The van der Waals surface area contributed by atoms with Crippen molar-refractivity contribution in [2.45, 2.75) is 52.2 Å². The van der Waals surface area contributed by atoms with Crippen molar-refractivity contribution in [3.8, 4) is 0 Å². The molecule has 0 bridgehead atoms. The Bertz CT molecular complexity index is 438. The molecule has 0 saturated carbocycles. The number of aryl methyl sites for hydroxylation is 1. The molecule has 0 atom stereocenters. The minimum Gasteiger partial charge on any atom is -0.464 e. The van der Waals surface area contributed by atoms with Gasteiger partial charge in [-0.3, -0.25) is 0 Å². The molecule has 1 rings (SSSR count). The van der Waals surface area contributed by atoms with Crippen molar-refractivity contribution in [3.05, 3.63) is 11.4 Å². The SMILES string of the molecule is COC(=O)c1nnn(CCC(C)(C)OC)c1C(C)C. The van der Waals surface area contributed by atoms with Crippen molar-refractivity contribution in [2.24, 2.45) is 0 Å². The van der Waals surface area contributed by atoms with Gasteiger partial charge in [0.2, 0.25) is 0 Å². The molecule has 1 aromatic rings. The molecule has 6 nitrogen and oxygen atoms in total. The van der Waals surface area contributed by atoms with Crippen LogP contribution in [0.15, 0.2) is 0 Å². The Morgan fingerprint density at radius 3 is 2.47 bits per heavy atom. The average molecular weight is 269 g/mol. The number of carbonyl (C=O) groups is 1. The Balaban J connectivity index is 2.96. The van der Waals surface area contributed by atoms with Crippen LogP contribution in [0.2, 0.25) is 0 Å². The highest BCUT2D eigenvalue weighted by Gasteiger charge is 2.24. The van der Waals surface area contributed by atoms with Gasteiger partial charge >= 0.3 is 5.97 Å². The maximum absolute atomic E-state index is 11.6. The minimum atomic E-state index is -0.444. The second kappa shape index (κ2) is 6.14. The molecule has 1 heterocycles. The van der Waals surface area contributed by atoms with Crippen LogP contribution in [-0.4, -0.2) is 40.8 Å². The highest BCUT2D eigenvalue weighted by Crippen LogP contribution is 2.21. The molecule has 0 aliphatic rings. The number of methoxy groups -OCH3 is 2. The average Bonchev–Trinajstić information content (AvgIpc) is 2.79. The molecule has 6 heteroatoms. The quantitative estimate of drug-likeness (QED) is 0.739. The lowest BCUT2D eigenvalue weighted by atomic mass is 10.0. The van der Waals surface area contributed by atoms with E-state index in [1.807, 2.05) is 27.7 Å². The van der Waals surface area contributed by atoms with Gasteiger partial charge in [-0.1, -0.05) is 19.1 Å². The lowest BCUT2D eigenvalue weighted by Crippen LogP contribution is -2.25. The standard InChI is InChI=1S/C13H23N3O3/c1-9(2)11-10(12(17)18-5)14-15-16(11)8-7-13(3,4)19-6/h9H,7-8H2,1-6H3. The van der Waals surface area contributed by atoms with Gasteiger partial charge < -0.3 is 9.47 Å². The fourth-order valence-corrected chi connectivity index (χ4v) is 1.78. The van der Waals surface area contributed by atoms with E-state index in [1.54, 1.807) is 11.8 Å². The largest absolute Gasteiger partial charge is 0.464 e. The summed E-state index contributed by atoms with van der Waals surface area (Å²) in [5.41, 5.74) is 0.873. The summed E-state index contributed by atoms with van der Waals surface area (Å²) in [4.78, 5) is 11.6. The maximum atomic E-state index is 11.6. The molecule has 0 fully saturated rings. The summed E-state index contributed by atoms with van der Waals surface area (Å²) < 4.78 is 11.9. The van der Waals surface area contributed by atoms with Crippen molar-refractivity contribution >= 4 is 5.97 Å². The van der Waals surface area contributed by atoms with E-state index in [2.05, 4.69) is 10.3 Å². The van der Waals surface area contributed by atoms with Crippen molar-refractivity contribution in [1.29, 1.82) is 0 Å². The molecular weight excluding hydrogens is 246 g/mol. The van der Waals surface area contributed by atoms with Gasteiger partial charge in [-0.25, -0.2) is 9.48 Å². The topological polar surface area (TPSA) is 66.2 Å². The first-order valence-corrected chi connectivity index (χ1v) is 6.39. The highest BCUT2D eigenvalue weighted by molar-refractivity contribution is 5.88. The van der Waals surface area contributed by atoms with Gasteiger partial charge in [0.1, 0.15) is 0 Å². The summed E-state index contributed by atoms with van der Waals surface area (Å²) in [5.74, 6) is -0.296. The van der Waals surface area contributed by atoms with Crippen LogP contribution in [0.5, 0.6) is 0 Å². The molecule has 0 spiro atoms. The molecule has 108 valence electrons. The third-order valence-corrected chi connectivity index (χ3v) is 3.18. The number of hydrogen-bond acceptors (Lipinski definition) is 5. The Kier molecular flexibility index (Phi) is 5.05. The Hall–Kier alpha value is -1.43. The van der Waals surface area contributed by atoms with Crippen LogP contribution in [0.4, 0.5) is 0 Å². The van der Waals surface area contributed by atoms with Gasteiger partial charge in [0.05, 0.1) is 18.4 Å². The predicted octanol–water partition coefficient (Wildman–Crippen LogP) is 2.00. The molecule has 0 amide bonds. The van der Waals surface area contributed by atoms with E-state index >= 15 is 0 Å². The summed E-state index contributed by atoms with van der Waals surface area (Å²) in [6.07, 6.45) is 0.785. The number of rotatable bonds is 6. The van der Waals surface area contributed by atoms with Gasteiger partial charge in [-0.15, -0.1) is 5.10 Å². The van der Waals surface area contributed by atoms with Crippen LogP contribution >= 0.6 is 0 Å². The third kappa shape index (κ3) is 3.76. The lowest BCUT2D eigenvalue weighted by molar-refractivity contribution is 0.0110. The first-order valence-electron chi connectivity index (χ1n) is 6.39. The van der Waals surface area contributed by atoms with E-state index in [-0.39, 0.29) is 11.5 Å². The van der Waals surface area contributed by atoms with Crippen molar-refractivity contribution in [3.63, 3.8) is 0 Å². The molecule has 0 aromatic carbocycles. The molecule has 19 heavy (non-hydrogen) atoms. The summed E-state index contributed by atoms with van der Waals surface area (Å²) in [6, 6.07) is 0. The smallest absolute Gasteiger partial charge is 0.360 e. The van der Waals surface area contributed by atoms with Gasteiger partial charge in [-0.05, 0) is 26.2 Å². The second-order valence-electron chi connectivity index (χ2n) is 5.41. The van der Waals surface area contributed by atoms with E-state index in [0.29, 0.717) is 12.2 Å². The van der Waals surface area contributed by atoms with Crippen molar-refractivity contribution in [2.75, 3.05) is 14.2 Å². The van der Waals surface area contributed by atoms with Crippen LogP contribution < -0.4 is 0 Å². The monoisotopic (exact) mass is 269 g/mol. The van der Waals surface area contributed by atoms with Gasteiger partial charge in [0.15, 0.2) is 5.69 Å². The number of carbonyl (C=O) groups excluding carboxylic acids is 1. The van der Waals surface area contributed by atoms with Gasteiger partial charge in [0, 0.05) is 13.7 Å². The molecule has 0 unspecified atom stereocenters. The van der Waals surface area contributed by atoms with Gasteiger partial charge in [0.25, 0.3) is 0 Å². The number of ether oxygens (including phenoxy) is 2. The number of esters is 1. The Morgan fingerprint density at radius 2 is 2.00 bits per heavy atom. The van der Waals surface area contributed by atoms with E-state index in [4.69, 9.17) is 9.47 Å². The summed E-state index contributed by atoms with van der Waals surface area (Å²) in [6.45, 7) is 8.69. The predicted molar refractivity (Wildman–Crippen MR) is 71.2 cm³/mol. The second-order valence-corrected chi connectivity index (χ2v) is 5.41. The fraction of sp³-hybridized carbons (Fsp3) is 0.769. The summed E-state index contributed by atoms with van der Waals surface area (Å²) >= 11 is 0. The zero-order valence-corrected chi connectivity index (χ0v) is 12.6. The molecule has 0 N–H and O–H groups in total. The van der Waals surface area contributed by atoms with Crippen molar-refractivity contribution in [1.82, 2.24) is 15.0 Å². The molecule has 0 radical (unpaired) electrons. The van der Waals surface area contributed by atoms with Crippen molar-refractivity contribution < 1.29 is 14.3 Å². The first kappa shape index (κ1) is 15.6. The Labute approximate surface area is 114 Å². The summed E-state index contributed by atoms with van der Waals surface area (Å²) in [7, 11) is 3.03. The highest BCUT2D eigenvalue weighted by atomic mass is 16.5. The van der Waals surface area contributed by atoms with E-state index < -0.39 is 5.97 Å². The number of nitrogens with zero attached hydrogens (tertiary/aromatic N) is 3. The van der Waals surface area contributed by atoms with Crippen LogP contribution in [-0.2, 0) is 16.0 Å². The van der Waals surface area contributed by atoms with Crippen LogP contribution in [0.1, 0.15) is 56.2 Å². The zero-order chi connectivity index (χ0) is 14.6. The summed E-state index contributed by atoms with van der Waals surface area (Å²) in [5, 5.41) is 7.99. The molecular formula is C13H23N3O3. The van der Waals surface area contributed by atoms with Crippen LogP contribution in [0.25, 0.3) is 0 Å². The zero-order valence-electron chi connectivity index (χ0n) is 12.6. The Morgan fingerprint density at radius 1 is 1.37 bits per heavy atom. The van der Waals surface area contributed by atoms with Crippen LogP contribution in [0.3, 0.4) is 0 Å². The maximum Gasteiger partial charge on any atom is 0.360 e. The third-order valence-electron chi connectivity index (χ3n) is 3.18. The number of aromatic nitrogens is 3.